The van der Waals surface area contributed by atoms with E-state index in [0.29, 0.717) is 19.0 Å². The number of carbonyl (C=O) groups is 1. The number of fused-ring (bicyclic) bond motifs is 1. The summed E-state index contributed by atoms with van der Waals surface area (Å²) in [5, 5.41) is 0.989. The standard InChI is InChI=1S/C14H14N2O2/c1-16-9-11(10-4-2-3-5-12(10)16)13(17)8-14-15-6-7-18-14/h2-5,9H,6-8H2,1H3. The van der Waals surface area contributed by atoms with Crippen LogP contribution in [0.5, 0.6) is 0 Å². The average Bonchev–Trinajstić information content (AvgIpc) is 2.98. The number of rotatable bonds is 3. The Kier molecular flexibility index (Phi) is 2.63. The highest BCUT2D eigenvalue weighted by Crippen LogP contribution is 2.22. The first-order valence-electron chi connectivity index (χ1n) is 5.99. The van der Waals surface area contributed by atoms with Crippen LogP contribution in [0.15, 0.2) is 35.5 Å². The Morgan fingerprint density at radius 2 is 2.28 bits per heavy atom. The van der Waals surface area contributed by atoms with Gasteiger partial charge in [-0.15, -0.1) is 0 Å². The number of nitrogens with zero attached hydrogens (tertiary/aromatic N) is 2. The topological polar surface area (TPSA) is 43.6 Å². The van der Waals surface area contributed by atoms with Gasteiger partial charge in [0, 0.05) is 29.7 Å². The number of aliphatic imine (C=N–C) groups is 1. The van der Waals surface area contributed by atoms with Crippen molar-refractivity contribution in [3.05, 3.63) is 36.0 Å². The third-order valence-corrected chi connectivity index (χ3v) is 3.16. The van der Waals surface area contributed by atoms with Gasteiger partial charge in [0.25, 0.3) is 0 Å². The van der Waals surface area contributed by atoms with Crippen LogP contribution in [0.4, 0.5) is 0 Å². The van der Waals surface area contributed by atoms with Crippen LogP contribution in [0.25, 0.3) is 10.9 Å². The van der Waals surface area contributed by atoms with Crippen molar-refractivity contribution in [2.45, 2.75) is 6.42 Å². The summed E-state index contributed by atoms with van der Waals surface area (Å²) in [5.74, 6) is 0.625. The second-order valence-corrected chi connectivity index (χ2v) is 4.39. The predicted molar refractivity (Wildman–Crippen MR) is 70.1 cm³/mol. The Bertz CT molecular complexity index is 640. The number of aryl methyl sites for hydroxylation is 1. The molecule has 0 N–H and O–H groups in total. The molecule has 1 aromatic carbocycles. The van der Waals surface area contributed by atoms with E-state index in [-0.39, 0.29) is 12.2 Å². The van der Waals surface area contributed by atoms with Gasteiger partial charge in [-0.3, -0.25) is 9.79 Å². The molecule has 0 amide bonds. The van der Waals surface area contributed by atoms with Gasteiger partial charge in [0.1, 0.15) is 6.61 Å². The molecule has 0 radical (unpaired) electrons. The van der Waals surface area contributed by atoms with E-state index in [1.54, 1.807) is 0 Å². The second kappa shape index (κ2) is 4.29. The van der Waals surface area contributed by atoms with Gasteiger partial charge in [-0.05, 0) is 6.07 Å². The lowest BCUT2D eigenvalue weighted by atomic mass is 10.1. The van der Waals surface area contributed by atoms with Crippen molar-refractivity contribution in [2.24, 2.45) is 12.0 Å². The number of ether oxygens (including phenoxy) is 1. The lowest BCUT2D eigenvalue weighted by Gasteiger charge is -2.00. The molecule has 2 heterocycles. The van der Waals surface area contributed by atoms with Crippen LogP contribution in [0.1, 0.15) is 16.8 Å². The Labute approximate surface area is 105 Å². The van der Waals surface area contributed by atoms with Crippen molar-refractivity contribution in [3.63, 3.8) is 0 Å². The molecule has 0 unspecified atom stereocenters. The summed E-state index contributed by atoms with van der Waals surface area (Å²) in [6.07, 6.45) is 2.14. The number of ketones is 1. The van der Waals surface area contributed by atoms with E-state index in [0.717, 1.165) is 16.5 Å². The molecule has 0 saturated carbocycles. The molecule has 0 spiro atoms. The zero-order valence-corrected chi connectivity index (χ0v) is 10.2. The summed E-state index contributed by atoms with van der Waals surface area (Å²) in [7, 11) is 1.95. The quantitative estimate of drug-likeness (QED) is 0.774. The third-order valence-electron chi connectivity index (χ3n) is 3.16. The maximum atomic E-state index is 12.3. The molecule has 0 bridgehead atoms. The largest absolute Gasteiger partial charge is 0.479 e. The van der Waals surface area contributed by atoms with Gasteiger partial charge < -0.3 is 9.30 Å². The van der Waals surface area contributed by atoms with Crippen LogP contribution in [0, 0.1) is 0 Å². The van der Waals surface area contributed by atoms with E-state index in [1.165, 1.54) is 0 Å². The highest BCUT2D eigenvalue weighted by atomic mass is 16.5. The minimum absolute atomic E-state index is 0.0625. The summed E-state index contributed by atoms with van der Waals surface area (Å²) >= 11 is 0. The van der Waals surface area contributed by atoms with Gasteiger partial charge in [0.05, 0.1) is 13.0 Å². The molecule has 4 nitrogen and oxygen atoms in total. The number of hydrogen-bond acceptors (Lipinski definition) is 3. The number of carbonyl (C=O) groups excluding carboxylic acids is 1. The fourth-order valence-corrected chi connectivity index (χ4v) is 2.28. The van der Waals surface area contributed by atoms with E-state index >= 15 is 0 Å². The molecular formula is C14H14N2O2. The van der Waals surface area contributed by atoms with Crippen molar-refractivity contribution in [1.29, 1.82) is 0 Å². The Hall–Kier alpha value is -2.10. The van der Waals surface area contributed by atoms with Gasteiger partial charge >= 0.3 is 0 Å². The number of benzene rings is 1. The van der Waals surface area contributed by atoms with Crippen molar-refractivity contribution in [1.82, 2.24) is 4.57 Å². The number of para-hydroxylation sites is 1. The molecule has 1 aliphatic rings. The highest BCUT2D eigenvalue weighted by Gasteiger charge is 2.18. The fraction of sp³-hybridized carbons (Fsp3) is 0.286. The molecule has 0 atom stereocenters. The van der Waals surface area contributed by atoms with E-state index in [1.807, 2.05) is 42.1 Å². The lowest BCUT2D eigenvalue weighted by molar-refractivity contribution is 0.0996. The van der Waals surface area contributed by atoms with Gasteiger partial charge in [-0.2, -0.15) is 0 Å². The number of aromatic nitrogens is 1. The van der Waals surface area contributed by atoms with Gasteiger partial charge in [-0.25, -0.2) is 0 Å². The van der Waals surface area contributed by atoms with Crippen molar-refractivity contribution >= 4 is 22.6 Å². The first-order valence-corrected chi connectivity index (χ1v) is 5.99. The summed E-state index contributed by atoms with van der Waals surface area (Å²) in [5.41, 5.74) is 1.81. The van der Waals surface area contributed by atoms with E-state index < -0.39 is 0 Å². The molecular weight excluding hydrogens is 228 g/mol. The van der Waals surface area contributed by atoms with E-state index in [9.17, 15) is 4.79 Å². The molecule has 0 fully saturated rings. The van der Waals surface area contributed by atoms with Crippen molar-refractivity contribution < 1.29 is 9.53 Å². The van der Waals surface area contributed by atoms with E-state index in [2.05, 4.69) is 4.99 Å². The fourth-order valence-electron chi connectivity index (χ4n) is 2.28. The summed E-state index contributed by atoms with van der Waals surface area (Å²) in [4.78, 5) is 16.4. The van der Waals surface area contributed by atoms with Crippen LogP contribution >= 0.6 is 0 Å². The monoisotopic (exact) mass is 242 g/mol. The van der Waals surface area contributed by atoms with Crippen LogP contribution in [-0.2, 0) is 11.8 Å². The predicted octanol–water partition coefficient (Wildman–Crippen LogP) is 2.18. The maximum Gasteiger partial charge on any atom is 0.191 e. The minimum atomic E-state index is 0.0625. The molecule has 1 aliphatic heterocycles. The first kappa shape index (κ1) is 11.0. The van der Waals surface area contributed by atoms with Crippen LogP contribution in [0.3, 0.4) is 0 Å². The van der Waals surface area contributed by atoms with Gasteiger partial charge in [0.2, 0.25) is 0 Å². The zero-order chi connectivity index (χ0) is 12.5. The molecule has 1 aromatic heterocycles. The zero-order valence-electron chi connectivity index (χ0n) is 10.2. The maximum absolute atomic E-state index is 12.3. The van der Waals surface area contributed by atoms with Gasteiger partial charge in [0.15, 0.2) is 11.7 Å². The Balaban J connectivity index is 1.96. The molecule has 2 aromatic rings. The summed E-state index contributed by atoms with van der Waals surface area (Å²) < 4.78 is 7.26. The van der Waals surface area contributed by atoms with Crippen molar-refractivity contribution in [2.75, 3.05) is 13.2 Å². The Morgan fingerprint density at radius 3 is 3.06 bits per heavy atom. The number of Topliss-reactive ketones (excluding diaryl/α,β-unsaturated/α-hetero) is 1. The van der Waals surface area contributed by atoms with Crippen LogP contribution in [0.2, 0.25) is 0 Å². The first-order chi connectivity index (χ1) is 8.75. The minimum Gasteiger partial charge on any atom is -0.479 e. The second-order valence-electron chi connectivity index (χ2n) is 4.39. The molecule has 0 saturated heterocycles. The number of hydrogen-bond donors (Lipinski definition) is 0. The average molecular weight is 242 g/mol. The Morgan fingerprint density at radius 1 is 1.44 bits per heavy atom. The smallest absolute Gasteiger partial charge is 0.191 e. The highest BCUT2D eigenvalue weighted by molar-refractivity contribution is 6.14. The van der Waals surface area contributed by atoms with Crippen LogP contribution in [-0.4, -0.2) is 29.4 Å². The van der Waals surface area contributed by atoms with E-state index in [4.69, 9.17) is 4.74 Å². The van der Waals surface area contributed by atoms with Crippen LogP contribution < -0.4 is 0 Å². The lowest BCUT2D eigenvalue weighted by Crippen LogP contribution is -2.08. The molecule has 3 rings (SSSR count). The third kappa shape index (κ3) is 1.79. The SMILES string of the molecule is Cn1cc(C(=O)CC2=NCCO2)c2ccccc21. The van der Waals surface area contributed by atoms with Crippen molar-refractivity contribution in [3.8, 4) is 0 Å². The summed E-state index contributed by atoms with van der Waals surface area (Å²) in [6, 6.07) is 7.90. The molecule has 0 aliphatic carbocycles. The molecule has 18 heavy (non-hydrogen) atoms. The van der Waals surface area contributed by atoms with Gasteiger partial charge in [-0.1, -0.05) is 18.2 Å². The normalized spacial score (nSPS) is 14.6. The molecule has 92 valence electrons. The molecule has 4 heteroatoms. The summed E-state index contributed by atoms with van der Waals surface area (Å²) in [6.45, 7) is 1.26.